The van der Waals surface area contributed by atoms with E-state index < -0.39 is 12.6 Å². The molecule has 0 heterocycles. The lowest BCUT2D eigenvalue weighted by Crippen LogP contribution is -2.16. The zero-order chi connectivity index (χ0) is 27.6. The summed E-state index contributed by atoms with van der Waals surface area (Å²) in [5.41, 5.74) is 5.27. The van der Waals surface area contributed by atoms with Crippen molar-refractivity contribution in [1.82, 2.24) is 0 Å². The fourth-order valence-electron chi connectivity index (χ4n) is 6.24. The smallest absolute Gasteiger partial charge is 0.387 e. The van der Waals surface area contributed by atoms with Crippen LogP contribution in [0.4, 0.5) is 8.78 Å². The number of carboxylic acids is 1. The molecule has 4 nitrogen and oxygen atoms in total. The van der Waals surface area contributed by atoms with Crippen molar-refractivity contribution < 1.29 is 28.2 Å². The van der Waals surface area contributed by atoms with Gasteiger partial charge in [-0.1, -0.05) is 62.7 Å². The van der Waals surface area contributed by atoms with Crippen molar-refractivity contribution in [3.63, 3.8) is 0 Å². The van der Waals surface area contributed by atoms with Gasteiger partial charge in [-0.05, 0) is 101 Å². The number of alkyl halides is 2. The number of ether oxygens (including phenoxy) is 2. The van der Waals surface area contributed by atoms with E-state index in [1.54, 1.807) is 18.2 Å². The van der Waals surface area contributed by atoms with Gasteiger partial charge in [-0.3, -0.25) is 4.79 Å². The van der Waals surface area contributed by atoms with Crippen LogP contribution in [0, 0.1) is 11.3 Å². The Hall–Kier alpha value is -3.41. The molecular formula is C33H36F2O4. The van der Waals surface area contributed by atoms with E-state index in [4.69, 9.17) is 4.74 Å². The number of rotatable bonds is 11. The molecule has 0 aromatic heterocycles. The number of benzene rings is 3. The fourth-order valence-corrected chi connectivity index (χ4v) is 6.24. The molecule has 3 aromatic rings. The van der Waals surface area contributed by atoms with Crippen LogP contribution in [-0.4, -0.2) is 17.7 Å². The molecule has 0 saturated heterocycles. The van der Waals surface area contributed by atoms with Gasteiger partial charge in [0, 0.05) is 0 Å². The van der Waals surface area contributed by atoms with Crippen LogP contribution in [0.5, 0.6) is 11.5 Å². The zero-order valence-corrected chi connectivity index (χ0v) is 22.5. The van der Waals surface area contributed by atoms with Gasteiger partial charge in [0.15, 0.2) is 0 Å². The van der Waals surface area contributed by atoms with E-state index in [0.29, 0.717) is 18.4 Å². The molecule has 39 heavy (non-hydrogen) atoms. The summed E-state index contributed by atoms with van der Waals surface area (Å²) in [4.78, 5) is 11.4. The Kier molecular flexibility index (Phi) is 7.92. The van der Waals surface area contributed by atoms with Crippen molar-refractivity contribution in [1.29, 1.82) is 0 Å². The summed E-state index contributed by atoms with van der Waals surface area (Å²) in [6.07, 6.45) is 5.65. The van der Waals surface area contributed by atoms with Gasteiger partial charge in [0.2, 0.25) is 0 Å². The number of carboxylic acid groups (broad SMARTS) is 1. The first kappa shape index (κ1) is 27.2. The normalized spacial score (nSPS) is 19.2. The Morgan fingerprint density at radius 1 is 1.00 bits per heavy atom. The number of hydrogen-bond donors (Lipinski definition) is 1. The van der Waals surface area contributed by atoms with Gasteiger partial charge in [0.05, 0.1) is 6.42 Å². The van der Waals surface area contributed by atoms with E-state index in [9.17, 15) is 18.7 Å². The monoisotopic (exact) mass is 534 g/mol. The first-order chi connectivity index (χ1) is 18.7. The summed E-state index contributed by atoms with van der Waals surface area (Å²) in [7, 11) is 0. The van der Waals surface area contributed by atoms with E-state index in [1.807, 2.05) is 36.4 Å². The highest BCUT2D eigenvalue weighted by atomic mass is 19.3. The fraction of sp³-hybridized carbons (Fsp3) is 0.424. The highest BCUT2D eigenvalue weighted by Crippen LogP contribution is 2.51. The lowest BCUT2D eigenvalue weighted by molar-refractivity contribution is -0.137. The van der Waals surface area contributed by atoms with Crippen molar-refractivity contribution in [3.8, 4) is 22.6 Å². The van der Waals surface area contributed by atoms with Crippen LogP contribution >= 0.6 is 0 Å². The molecule has 5 rings (SSSR count). The molecule has 0 aliphatic heterocycles. The SMILES string of the molecule is CC1(C)CCC[C@@H]1c1cc(COc2cccc([C@@H](CC(=O)O)C3CC3)c2)ccc1-c1cccc(OC(F)F)c1. The van der Waals surface area contributed by atoms with Gasteiger partial charge >= 0.3 is 12.6 Å². The average Bonchev–Trinajstić information content (AvgIpc) is 3.67. The summed E-state index contributed by atoms with van der Waals surface area (Å²) >= 11 is 0. The molecule has 1 N–H and O–H groups in total. The summed E-state index contributed by atoms with van der Waals surface area (Å²) in [5, 5.41) is 9.38. The molecular weight excluding hydrogens is 498 g/mol. The molecule has 0 amide bonds. The minimum atomic E-state index is -2.87. The maximum atomic E-state index is 12.9. The van der Waals surface area contributed by atoms with Crippen LogP contribution in [0.25, 0.3) is 11.1 Å². The van der Waals surface area contributed by atoms with E-state index in [2.05, 4.69) is 30.7 Å². The maximum absolute atomic E-state index is 12.9. The van der Waals surface area contributed by atoms with Crippen molar-refractivity contribution >= 4 is 5.97 Å². The van der Waals surface area contributed by atoms with Crippen molar-refractivity contribution in [3.05, 3.63) is 83.4 Å². The van der Waals surface area contributed by atoms with Crippen LogP contribution in [0.1, 0.15) is 80.9 Å². The van der Waals surface area contributed by atoms with Crippen molar-refractivity contribution in [2.24, 2.45) is 11.3 Å². The number of carbonyl (C=O) groups is 1. The number of halogens is 2. The second kappa shape index (κ2) is 11.4. The van der Waals surface area contributed by atoms with Gasteiger partial charge in [-0.2, -0.15) is 8.78 Å². The predicted molar refractivity (Wildman–Crippen MR) is 147 cm³/mol. The summed E-state index contributed by atoms with van der Waals surface area (Å²) < 4.78 is 36.6. The Labute approximate surface area is 229 Å². The minimum absolute atomic E-state index is 0.0198. The third kappa shape index (κ3) is 6.60. The Morgan fingerprint density at radius 2 is 1.77 bits per heavy atom. The third-order valence-corrected chi connectivity index (χ3v) is 8.40. The van der Waals surface area contributed by atoms with Gasteiger partial charge in [-0.25, -0.2) is 0 Å². The average molecular weight is 535 g/mol. The topological polar surface area (TPSA) is 55.8 Å². The Bertz CT molecular complexity index is 1310. The quantitative estimate of drug-likeness (QED) is 0.267. The standard InChI is InChI=1S/C33H36F2O4/c1-33(2)15-5-10-30(33)29-16-21(11-14-27(29)23-6-4-9-26(18-23)39-32(34)35)20-38-25-8-3-7-24(17-25)28(19-31(36)37)22-12-13-22/h3-4,6-9,11,14,16-18,22,28,30,32H,5,10,12-13,15,19-20H2,1-2H3,(H,36,37)/t28-,30+/m0/s1. The molecule has 0 radical (unpaired) electrons. The van der Waals surface area contributed by atoms with Crippen LogP contribution in [0.15, 0.2) is 66.7 Å². The lowest BCUT2D eigenvalue weighted by Gasteiger charge is -2.30. The number of aliphatic carboxylic acids is 1. The van der Waals surface area contributed by atoms with Crippen LogP contribution in [0.2, 0.25) is 0 Å². The Balaban J connectivity index is 1.41. The summed E-state index contributed by atoms with van der Waals surface area (Å²) in [6.45, 7) is 2.11. The second-order valence-electron chi connectivity index (χ2n) is 11.7. The third-order valence-electron chi connectivity index (χ3n) is 8.40. The number of hydrogen-bond acceptors (Lipinski definition) is 3. The van der Waals surface area contributed by atoms with Crippen LogP contribution in [0.3, 0.4) is 0 Å². The van der Waals surface area contributed by atoms with E-state index in [0.717, 1.165) is 60.1 Å². The van der Waals surface area contributed by atoms with Gasteiger partial charge in [-0.15, -0.1) is 0 Å². The summed E-state index contributed by atoms with van der Waals surface area (Å²) in [5.74, 6) is 0.904. The molecule has 206 valence electrons. The van der Waals surface area contributed by atoms with Gasteiger partial charge in [0.1, 0.15) is 18.1 Å². The molecule has 0 spiro atoms. The van der Waals surface area contributed by atoms with Crippen LogP contribution in [-0.2, 0) is 11.4 Å². The summed E-state index contributed by atoms with van der Waals surface area (Å²) in [6, 6.07) is 21.1. The first-order valence-corrected chi connectivity index (χ1v) is 13.8. The zero-order valence-electron chi connectivity index (χ0n) is 22.5. The molecule has 0 bridgehead atoms. The second-order valence-corrected chi connectivity index (χ2v) is 11.7. The molecule has 2 atom stereocenters. The highest BCUT2D eigenvalue weighted by molar-refractivity contribution is 5.70. The van der Waals surface area contributed by atoms with Crippen molar-refractivity contribution in [2.75, 3.05) is 0 Å². The lowest BCUT2D eigenvalue weighted by atomic mass is 9.75. The van der Waals surface area contributed by atoms with Crippen LogP contribution < -0.4 is 9.47 Å². The highest BCUT2D eigenvalue weighted by Gasteiger charge is 2.37. The van der Waals surface area contributed by atoms with E-state index in [1.165, 1.54) is 5.56 Å². The van der Waals surface area contributed by atoms with E-state index in [-0.39, 0.29) is 23.5 Å². The minimum Gasteiger partial charge on any atom is -0.489 e. The van der Waals surface area contributed by atoms with E-state index >= 15 is 0 Å². The first-order valence-electron chi connectivity index (χ1n) is 13.8. The molecule has 2 aliphatic carbocycles. The molecule has 2 saturated carbocycles. The maximum Gasteiger partial charge on any atom is 0.387 e. The Morgan fingerprint density at radius 3 is 2.46 bits per heavy atom. The van der Waals surface area contributed by atoms with Gasteiger partial charge < -0.3 is 14.6 Å². The van der Waals surface area contributed by atoms with Crippen molar-refractivity contribution in [2.45, 2.75) is 77.4 Å². The molecule has 0 unspecified atom stereocenters. The largest absolute Gasteiger partial charge is 0.489 e. The molecule has 2 aliphatic rings. The van der Waals surface area contributed by atoms with Gasteiger partial charge in [0.25, 0.3) is 0 Å². The molecule has 6 heteroatoms. The predicted octanol–water partition coefficient (Wildman–Crippen LogP) is 8.80. The molecule has 3 aromatic carbocycles. The molecule has 2 fully saturated rings.